The van der Waals surface area contributed by atoms with Crippen LogP contribution in [0.25, 0.3) is 0 Å². The van der Waals surface area contributed by atoms with Crippen molar-refractivity contribution in [2.75, 3.05) is 13.2 Å². The lowest BCUT2D eigenvalue weighted by Crippen LogP contribution is -2.38. The van der Waals surface area contributed by atoms with Gasteiger partial charge in [0.2, 0.25) is 0 Å². The fourth-order valence-corrected chi connectivity index (χ4v) is 2.60. The summed E-state index contributed by atoms with van der Waals surface area (Å²) >= 11 is 0. The standard InChI is InChI=1S/C16H25NO2/c1-3-12-18-15-9-5-6-10-16(15)19-14-11-7-8-13(14)17-4-2/h5-6,9-10,13-14,17H,3-4,7-8,11-12H2,1-2H3. The Morgan fingerprint density at radius 1 is 1.16 bits per heavy atom. The van der Waals surface area contributed by atoms with Crippen LogP contribution >= 0.6 is 0 Å². The summed E-state index contributed by atoms with van der Waals surface area (Å²) in [7, 11) is 0. The van der Waals surface area contributed by atoms with Crippen molar-refractivity contribution in [3.05, 3.63) is 24.3 Å². The van der Waals surface area contributed by atoms with Crippen molar-refractivity contribution in [1.29, 1.82) is 0 Å². The Hall–Kier alpha value is -1.22. The predicted octanol–water partition coefficient (Wildman–Crippen LogP) is 3.38. The van der Waals surface area contributed by atoms with Gasteiger partial charge in [-0.05, 0) is 44.4 Å². The molecule has 3 nitrogen and oxygen atoms in total. The van der Waals surface area contributed by atoms with Gasteiger partial charge in [0.15, 0.2) is 11.5 Å². The number of hydrogen-bond acceptors (Lipinski definition) is 3. The lowest BCUT2D eigenvalue weighted by atomic mass is 10.2. The molecule has 1 aliphatic rings. The molecule has 0 aliphatic heterocycles. The van der Waals surface area contributed by atoms with E-state index in [-0.39, 0.29) is 6.10 Å². The summed E-state index contributed by atoms with van der Waals surface area (Å²) in [5.41, 5.74) is 0. The Kier molecular flexibility index (Phi) is 5.52. The Morgan fingerprint density at radius 2 is 1.95 bits per heavy atom. The molecular formula is C16H25NO2. The van der Waals surface area contributed by atoms with E-state index < -0.39 is 0 Å². The molecule has 3 heteroatoms. The van der Waals surface area contributed by atoms with Gasteiger partial charge >= 0.3 is 0 Å². The number of nitrogens with one attached hydrogen (secondary N) is 1. The molecule has 0 bridgehead atoms. The predicted molar refractivity (Wildman–Crippen MR) is 78.0 cm³/mol. The van der Waals surface area contributed by atoms with Gasteiger partial charge in [-0.3, -0.25) is 0 Å². The van der Waals surface area contributed by atoms with E-state index in [1.807, 2.05) is 24.3 Å². The fraction of sp³-hybridized carbons (Fsp3) is 0.625. The zero-order chi connectivity index (χ0) is 13.5. The fourth-order valence-electron chi connectivity index (χ4n) is 2.60. The first-order chi connectivity index (χ1) is 9.35. The van der Waals surface area contributed by atoms with Gasteiger partial charge in [-0.1, -0.05) is 26.0 Å². The Balaban J connectivity index is 2.01. The van der Waals surface area contributed by atoms with E-state index in [2.05, 4.69) is 19.2 Å². The molecule has 0 heterocycles. The van der Waals surface area contributed by atoms with Gasteiger partial charge in [0.05, 0.1) is 6.61 Å². The monoisotopic (exact) mass is 263 g/mol. The third-order valence-corrected chi connectivity index (χ3v) is 3.51. The Morgan fingerprint density at radius 3 is 2.68 bits per heavy atom. The molecule has 0 aromatic heterocycles. The number of hydrogen-bond donors (Lipinski definition) is 1. The van der Waals surface area contributed by atoms with E-state index in [1.165, 1.54) is 12.8 Å². The molecule has 2 rings (SSSR count). The van der Waals surface area contributed by atoms with Crippen molar-refractivity contribution in [3.8, 4) is 11.5 Å². The normalized spacial score (nSPS) is 22.4. The molecule has 1 saturated carbocycles. The second-order valence-corrected chi connectivity index (χ2v) is 5.05. The minimum Gasteiger partial charge on any atom is -0.490 e. The summed E-state index contributed by atoms with van der Waals surface area (Å²) in [6, 6.07) is 8.47. The average molecular weight is 263 g/mol. The maximum Gasteiger partial charge on any atom is 0.161 e. The highest BCUT2D eigenvalue weighted by Crippen LogP contribution is 2.31. The summed E-state index contributed by atoms with van der Waals surface area (Å²) in [6.45, 7) is 6.00. The van der Waals surface area contributed by atoms with E-state index in [4.69, 9.17) is 9.47 Å². The van der Waals surface area contributed by atoms with Crippen LogP contribution in [-0.4, -0.2) is 25.3 Å². The SMILES string of the molecule is CCCOc1ccccc1OC1CCCC1NCC. The molecule has 0 amide bonds. The molecule has 1 fully saturated rings. The summed E-state index contributed by atoms with van der Waals surface area (Å²) in [6.07, 6.45) is 4.85. The molecule has 2 atom stereocenters. The maximum absolute atomic E-state index is 6.18. The van der Waals surface area contributed by atoms with Crippen molar-refractivity contribution >= 4 is 0 Å². The summed E-state index contributed by atoms with van der Waals surface area (Å²) < 4.78 is 11.9. The summed E-state index contributed by atoms with van der Waals surface area (Å²) in [5, 5.41) is 3.51. The highest BCUT2D eigenvalue weighted by Gasteiger charge is 2.28. The molecular weight excluding hydrogens is 238 g/mol. The van der Waals surface area contributed by atoms with Gasteiger partial charge in [-0.15, -0.1) is 0 Å². The molecule has 1 aromatic rings. The number of rotatable bonds is 7. The minimum absolute atomic E-state index is 0.270. The number of benzene rings is 1. The van der Waals surface area contributed by atoms with Crippen LogP contribution in [0.4, 0.5) is 0 Å². The largest absolute Gasteiger partial charge is 0.490 e. The van der Waals surface area contributed by atoms with Gasteiger partial charge in [0.25, 0.3) is 0 Å². The van der Waals surface area contributed by atoms with Crippen LogP contribution in [0.2, 0.25) is 0 Å². The van der Waals surface area contributed by atoms with E-state index in [1.54, 1.807) is 0 Å². The van der Waals surface area contributed by atoms with Crippen molar-refractivity contribution in [3.63, 3.8) is 0 Å². The second-order valence-electron chi connectivity index (χ2n) is 5.05. The van der Waals surface area contributed by atoms with Crippen molar-refractivity contribution in [1.82, 2.24) is 5.32 Å². The first-order valence-electron chi connectivity index (χ1n) is 7.47. The molecule has 0 spiro atoms. The van der Waals surface area contributed by atoms with Crippen LogP contribution in [0.3, 0.4) is 0 Å². The van der Waals surface area contributed by atoms with Crippen LogP contribution in [-0.2, 0) is 0 Å². The van der Waals surface area contributed by atoms with Crippen LogP contribution < -0.4 is 14.8 Å². The van der Waals surface area contributed by atoms with E-state index >= 15 is 0 Å². The lowest BCUT2D eigenvalue weighted by molar-refractivity contribution is 0.166. The van der Waals surface area contributed by atoms with E-state index in [0.29, 0.717) is 6.04 Å². The van der Waals surface area contributed by atoms with Crippen LogP contribution in [0, 0.1) is 0 Å². The lowest BCUT2D eigenvalue weighted by Gasteiger charge is -2.23. The van der Waals surface area contributed by atoms with Crippen molar-refractivity contribution in [2.45, 2.75) is 51.7 Å². The molecule has 19 heavy (non-hydrogen) atoms. The highest BCUT2D eigenvalue weighted by atomic mass is 16.5. The average Bonchev–Trinajstić information content (AvgIpc) is 2.86. The van der Waals surface area contributed by atoms with Crippen LogP contribution in [0.5, 0.6) is 11.5 Å². The van der Waals surface area contributed by atoms with Gasteiger partial charge < -0.3 is 14.8 Å². The third-order valence-electron chi connectivity index (χ3n) is 3.51. The van der Waals surface area contributed by atoms with E-state index in [9.17, 15) is 0 Å². The van der Waals surface area contributed by atoms with Crippen molar-refractivity contribution in [2.24, 2.45) is 0 Å². The van der Waals surface area contributed by atoms with Gasteiger partial charge in [0.1, 0.15) is 6.10 Å². The summed E-state index contributed by atoms with van der Waals surface area (Å²) in [4.78, 5) is 0. The molecule has 1 aliphatic carbocycles. The first kappa shape index (κ1) is 14.2. The molecule has 1 N–H and O–H groups in total. The number of para-hydroxylation sites is 2. The number of ether oxygens (including phenoxy) is 2. The molecule has 1 aromatic carbocycles. The summed E-state index contributed by atoms with van der Waals surface area (Å²) in [5.74, 6) is 1.75. The van der Waals surface area contributed by atoms with E-state index in [0.717, 1.165) is 37.5 Å². The maximum atomic E-state index is 6.18. The zero-order valence-electron chi connectivity index (χ0n) is 12.0. The molecule has 0 saturated heterocycles. The second kappa shape index (κ2) is 7.39. The smallest absolute Gasteiger partial charge is 0.161 e. The van der Waals surface area contributed by atoms with Gasteiger partial charge in [0, 0.05) is 6.04 Å². The van der Waals surface area contributed by atoms with Gasteiger partial charge in [-0.2, -0.15) is 0 Å². The minimum atomic E-state index is 0.270. The molecule has 2 unspecified atom stereocenters. The quantitative estimate of drug-likeness (QED) is 0.818. The highest BCUT2D eigenvalue weighted by molar-refractivity contribution is 5.39. The van der Waals surface area contributed by atoms with Crippen LogP contribution in [0.15, 0.2) is 24.3 Å². The van der Waals surface area contributed by atoms with Crippen molar-refractivity contribution < 1.29 is 9.47 Å². The van der Waals surface area contributed by atoms with Gasteiger partial charge in [-0.25, -0.2) is 0 Å². The Bertz CT molecular complexity index is 381. The molecule has 0 radical (unpaired) electrons. The first-order valence-corrected chi connectivity index (χ1v) is 7.47. The number of likely N-dealkylation sites (N-methyl/N-ethyl adjacent to an activating group) is 1. The topological polar surface area (TPSA) is 30.5 Å². The Labute approximate surface area is 116 Å². The van der Waals surface area contributed by atoms with Crippen LogP contribution in [0.1, 0.15) is 39.5 Å². The molecule has 106 valence electrons. The third kappa shape index (κ3) is 3.87. The zero-order valence-corrected chi connectivity index (χ0v) is 12.0.